The largest absolute Gasteiger partial charge is 0.292 e. The number of alkyl halides is 1. The predicted molar refractivity (Wildman–Crippen MR) is 63.1 cm³/mol. The Balaban J connectivity index is 3.06. The summed E-state index contributed by atoms with van der Waals surface area (Å²) in [5.41, 5.74) is 1.33. The van der Waals surface area contributed by atoms with Crippen LogP contribution in [-0.2, 0) is 9.84 Å². The van der Waals surface area contributed by atoms with E-state index in [2.05, 4.69) is 15.9 Å². The van der Waals surface area contributed by atoms with Crippen LogP contribution in [0, 0.1) is 6.92 Å². The lowest BCUT2D eigenvalue weighted by Crippen LogP contribution is -2.23. The summed E-state index contributed by atoms with van der Waals surface area (Å²) in [7, 11) is -3.40. The Morgan fingerprint density at radius 3 is 2.47 bits per heavy atom. The van der Waals surface area contributed by atoms with Gasteiger partial charge in [-0.25, -0.2) is 8.42 Å². The first-order valence-electron chi connectivity index (χ1n) is 4.26. The maximum Gasteiger partial charge on any atom is 0.191 e. The summed E-state index contributed by atoms with van der Waals surface area (Å²) in [5.74, 6) is -0.429. The van der Waals surface area contributed by atoms with Crippen molar-refractivity contribution in [3.63, 3.8) is 0 Å². The van der Waals surface area contributed by atoms with E-state index in [1.54, 1.807) is 18.2 Å². The first kappa shape index (κ1) is 12.4. The number of hydrogen-bond donors (Lipinski definition) is 0. The number of carbonyl (C=O) groups excluding carboxylic acids is 1. The van der Waals surface area contributed by atoms with Gasteiger partial charge in [0.2, 0.25) is 0 Å². The number of halogens is 1. The standard InChI is InChI=1S/C10H11BrO3S/c1-7-4-3-5-8(6-7)9(12)10(11)15(2,13)14/h3-6,10H,1-2H3/t10-/m0/s1. The third-order valence-electron chi connectivity index (χ3n) is 1.88. The van der Waals surface area contributed by atoms with Crippen molar-refractivity contribution in [1.82, 2.24) is 0 Å². The maximum atomic E-state index is 11.7. The fraction of sp³-hybridized carbons (Fsp3) is 0.300. The fourth-order valence-electron chi connectivity index (χ4n) is 1.12. The van der Waals surface area contributed by atoms with Crippen molar-refractivity contribution >= 4 is 31.6 Å². The number of hydrogen-bond acceptors (Lipinski definition) is 3. The molecule has 0 aromatic heterocycles. The lowest BCUT2D eigenvalue weighted by atomic mass is 10.1. The third-order valence-corrected chi connectivity index (χ3v) is 5.30. The Kier molecular flexibility index (Phi) is 3.67. The van der Waals surface area contributed by atoms with Gasteiger partial charge in [-0.3, -0.25) is 4.79 Å². The molecular weight excluding hydrogens is 280 g/mol. The summed E-state index contributed by atoms with van der Waals surface area (Å²) >= 11 is 2.89. The van der Waals surface area contributed by atoms with Crippen LogP contribution in [0.25, 0.3) is 0 Å². The molecule has 0 radical (unpaired) electrons. The van der Waals surface area contributed by atoms with Gasteiger partial charge in [0.25, 0.3) is 0 Å². The molecular formula is C10H11BrO3S. The Labute approximate surface area is 97.5 Å². The molecule has 0 aliphatic heterocycles. The Morgan fingerprint density at radius 1 is 1.40 bits per heavy atom. The van der Waals surface area contributed by atoms with E-state index < -0.39 is 19.8 Å². The van der Waals surface area contributed by atoms with Gasteiger partial charge in [0.15, 0.2) is 19.8 Å². The quantitative estimate of drug-likeness (QED) is 0.631. The summed E-state index contributed by atoms with van der Waals surface area (Å²) in [5, 5.41) is 0. The molecule has 15 heavy (non-hydrogen) atoms. The van der Waals surface area contributed by atoms with E-state index >= 15 is 0 Å². The number of Topliss-reactive ketones (excluding diaryl/α,β-unsaturated/α-hetero) is 1. The molecule has 0 heterocycles. The Bertz CT molecular complexity index is 479. The highest BCUT2D eigenvalue weighted by molar-refractivity contribution is 9.11. The average Bonchev–Trinajstić information content (AvgIpc) is 2.14. The first-order chi connectivity index (χ1) is 6.82. The van der Waals surface area contributed by atoms with E-state index in [1.807, 2.05) is 13.0 Å². The van der Waals surface area contributed by atoms with Crippen LogP contribution in [0.1, 0.15) is 15.9 Å². The van der Waals surface area contributed by atoms with Gasteiger partial charge in [-0.05, 0) is 13.0 Å². The zero-order valence-corrected chi connectivity index (χ0v) is 10.8. The minimum Gasteiger partial charge on any atom is -0.292 e. The fourth-order valence-corrected chi connectivity index (χ4v) is 1.91. The van der Waals surface area contributed by atoms with Crippen LogP contribution in [0.2, 0.25) is 0 Å². The van der Waals surface area contributed by atoms with E-state index in [1.165, 1.54) is 0 Å². The van der Waals surface area contributed by atoms with Crippen molar-refractivity contribution in [2.45, 2.75) is 11.1 Å². The van der Waals surface area contributed by atoms with E-state index in [4.69, 9.17) is 0 Å². The summed E-state index contributed by atoms with van der Waals surface area (Å²) in [6.07, 6.45) is 1.03. The molecule has 1 atom stereocenters. The summed E-state index contributed by atoms with van der Waals surface area (Å²) in [6.45, 7) is 1.85. The third kappa shape index (κ3) is 3.14. The molecule has 0 fully saturated rings. The topological polar surface area (TPSA) is 51.2 Å². The second-order valence-corrected chi connectivity index (χ2v) is 7.03. The highest BCUT2D eigenvalue weighted by Gasteiger charge is 2.26. The van der Waals surface area contributed by atoms with Crippen molar-refractivity contribution in [3.05, 3.63) is 35.4 Å². The molecule has 1 rings (SSSR count). The van der Waals surface area contributed by atoms with Crippen LogP contribution in [0.4, 0.5) is 0 Å². The molecule has 0 spiro atoms. The predicted octanol–water partition coefficient (Wildman–Crippen LogP) is 1.94. The van der Waals surface area contributed by atoms with Crippen LogP contribution >= 0.6 is 15.9 Å². The van der Waals surface area contributed by atoms with Crippen LogP contribution in [0.15, 0.2) is 24.3 Å². The van der Waals surface area contributed by atoms with Gasteiger partial charge in [-0.2, -0.15) is 0 Å². The zero-order chi connectivity index (χ0) is 11.6. The monoisotopic (exact) mass is 290 g/mol. The molecule has 0 saturated heterocycles. The van der Waals surface area contributed by atoms with Gasteiger partial charge < -0.3 is 0 Å². The maximum absolute atomic E-state index is 11.7. The van der Waals surface area contributed by atoms with Gasteiger partial charge in [0.05, 0.1) is 0 Å². The van der Waals surface area contributed by atoms with Crippen LogP contribution in [0.5, 0.6) is 0 Å². The van der Waals surface area contributed by atoms with Gasteiger partial charge >= 0.3 is 0 Å². The second kappa shape index (κ2) is 4.45. The van der Waals surface area contributed by atoms with Crippen molar-refractivity contribution in [3.8, 4) is 0 Å². The summed E-state index contributed by atoms with van der Waals surface area (Å²) in [6, 6.07) is 6.85. The lowest BCUT2D eigenvalue weighted by Gasteiger charge is -2.06. The van der Waals surface area contributed by atoms with Gasteiger partial charge in [-0.15, -0.1) is 0 Å². The number of ketones is 1. The lowest BCUT2D eigenvalue weighted by molar-refractivity contribution is 0.101. The second-order valence-electron chi connectivity index (χ2n) is 3.38. The Morgan fingerprint density at radius 2 is 2.00 bits per heavy atom. The molecule has 3 nitrogen and oxygen atoms in total. The van der Waals surface area contributed by atoms with Crippen molar-refractivity contribution < 1.29 is 13.2 Å². The molecule has 0 aliphatic carbocycles. The molecule has 1 aromatic rings. The van der Waals surface area contributed by atoms with Crippen molar-refractivity contribution in [1.29, 1.82) is 0 Å². The SMILES string of the molecule is Cc1cccc(C(=O)[C@@H](Br)S(C)(=O)=O)c1. The molecule has 0 N–H and O–H groups in total. The van der Waals surface area contributed by atoms with Gasteiger partial charge in [0, 0.05) is 11.8 Å². The van der Waals surface area contributed by atoms with E-state index in [-0.39, 0.29) is 0 Å². The zero-order valence-electron chi connectivity index (χ0n) is 8.40. The number of sulfone groups is 1. The van der Waals surface area contributed by atoms with Crippen molar-refractivity contribution in [2.24, 2.45) is 0 Å². The minimum atomic E-state index is -3.40. The summed E-state index contributed by atoms with van der Waals surface area (Å²) < 4.78 is 21.2. The number of aryl methyl sites for hydroxylation is 1. The normalized spacial score (nSPS) is 13.5. The smallest absolute Gasteiger partial charge is 0.191 e. The van der Waals surface area contributed by atoms with Crippen LogP contribution < -0.4 is 0 Å². The van der Waals surface area contributed by atoms with Gasteiger partial charge in [0.1, 0.15) is 0 Å². The number of rotatable bonds is 3. The summed E-state index contributed by atoms with van der Waals surface area (Å²) in [4.78, 5) is 11.7. The number of benzene rings is 1. The van der Waals surface area contributed by atoms with Crippen LogP contribution in [0.3, 0.4) is 0 Å². The number of carbonyl (C=O) groups is 1. The average molecular weight is 291 g/mol. The molecule has 82 valence electrons. The minimum absolute atomic E-state index is 0.405. The first-order valence-corrected chi connectivity index (χ1v) is 7.13. The van der Waals surface area contributed by atoms with Crippen molar-refractivity contribution in [2.75, 3.05) is 6.26 Å². The Hall–Kier alpha value is -0.680. The van der Waals surface area contributed by atoms with E-state index in [0.29, 0.717) is 5.56 Å². The molecule has 1 aromatic carbocycles. The molecule has 0 bridgehead atoms. The molecule has 0 aliphatic rings. The molecule has 5 heteroatoms. The van der Waals surface area contributed by atoms with Crippen LogP contribution in [-0.4, -0.2) is 24.6 Å². The van der Waals surface area contributed by atoms with E-state index in [0.717, 1.165) is 11.8 Å². The highest BCUT2D eigenvalue weighted by atomic mass is 79.9. The van der Waals surface area contributed by atoms with E-state index in [9.17, 15) is 13.2 Å². The molecule has 0 unspecified atom stereocenters. The van der Waals surface area contributed by atoms with Gasteiger partial charge in [-0.1, -0.05) is 39.7 Å². The highest BCUT2D eigenvalue weighted by Crippen LogP contribution is 2.16. The molecule has 0 amide bonds. The molecule has 0 saturated carbocycles.